The third-order valence-electron chi connectivity index (χ3n) is 1.91. The quantitative estimate of drug-likeness (QED) is 0.651. The molecule has 0 radical (unpaired) electrons. The van der Waals surface area contributed by atoms with Crippen LogP contribution in [0.2, 0.25) is 0 Å². The van der Waals surface area contributed by atoms with Crippen LogP contribution in [0.5, 0.6) is 5.75 Å². The molecule has 0 unspecified atom stereocenters. The molecule has 0 saturated carbocycles. The van der Waals surface area contributed by atoms with Crippen LogP contribution in [-0.4, -0.2) is 24.1 Å². The normalized spacial score (nSPS) is 9.86. The molecule has 0 saturated heterocycles. The molecule has 0 aliphatic heterocycles. The molecule has 1 aromatic carbocycles. The highest BCUT2D eigenvalue weighted by molar-refractivity contribution is 5.97. The van der Waals surface area contributed by atoms with Crippen LogP contribution in [0.15, 0.2) is 18.2 Å². The number of aromatic hydroxyl groups is 1. The Hall–Kier alpha value is -1.55. The van der Waals surface area contributed by atoms with Gasteiger partial charge in [0, 0.05) is 13.1 Å². The molecule has 1 rings (SSSR count). The van der Waals surface area contributed by atoms with Crippen LogP contribution >= 0.6 is 0 Å². The molecule has 1 amide bonds. The number of nitrogens with two attached hydrogens (primary N) is 1. The Kier molecular flexibility index (Phi) is 3.48. The van der Waals surface area contributed by atoms with E-state index in [0.717, 1.165) is 0 Å². The fourth-order valence-electron chi connectivity index (χ4n) is 1.12. The van der Waals surface area contributed by atoms with Crippen molar-refractivity contribution < 1.29 is 9.90 Å². The van der Waals surface area contributed by atoms with Crippen molar-refractivity contribution in [1.29, 1.82) is 0 Å². The zero-order valence-corrected chi connectivity index (χ0v) is 8.08. The van der Waals surface area contributed by atoms with Crippen molar-refractivity contribution in [1.82, 2.24) is 5.32 Å². The van der Waals surface area contributed by atoms with Crippen LogP contribution in [0.25, 0.3) is 0 Å². The topological polar surface area (TPSA) is 75.4 Å². The molecule has 76 valence electrons. The van der Waals surface area contributed by atoms with Crippen LogP contribution in [0.3, 0.4) is 0 Å². The summed E-state index contributed by atoms with van der Waals surface area (Å²) in [6.45, 7) is 2.54. The molecule has 4 nitrogen and oxygen atoms in total. The molecule has 4 heteroatoms. The number of carbonyl (C=O) groups is 1. The smallest absolute Gasteiger partial charge is 0.255 e. The van der Waals surface area contributed by atoms with E-state index >= 15 is 0 Å². The first kappa shape index (κ1) is 10.5. The van der Waals surface area contributed by atoms with Crippen molar-refractivity contribution in [3.05, 3.63) is 29.3 Å². The minimum absolute atomic E-state index is 0.0296. The fraction of sp³-hybridized carbons (Fsp3) is 0.300. The van der Waals surface area contributed by atoms with Crippen molar-refractivity contribution >= 4 is 5.91 Å². The van der Waals surface area contributed by atoms with Gasteiger partial charge in [0.1, 0.15) is 5.75 Å². The number of phenols is 1. The second-order valence-corrected chi connectivity index (χ2v) is 3.02. The molecule has 0 aromatic heterocycles. The lowest BCUT2D eigenvalue weighted by Gasteiger charge is -2.06. The van der Waals surface area contributed by atoms with Crippen LogP contribution in [-0.2, 0) is 0 Å². The second kappa shape index (κ2) is 4.62. The van der Waals surface area contributed by atoms with E-state index in [-0.39, 0.29) is 11.7 Å². The maximum Gasteiger partial charge on any atom is 0.255 e. The van der Waals surface area contributed by atoms with E-state index in [9.17, 15) is 9.90 Å². The number of phenolic OH excluding ortho intramolecular Hbond substituents is 1. The summed E-state index contributed by atoms with van der Waals surface area (Å²) in [7, 11) is 0. The number of aryl methyl sites for hydroxylation is 1. The maximum absolute atomic E-state index is 11.4. The van der Waals surface area contributed by atoms with Crippen LogP contribution in [0.1, 0.15) is 15.9 Å². The Morgan fingerprint density at radius 2 is 2.29 bits per heavy atom. The zero-order valence-electron chi connectivity index (χ0n) is 8.08. The summed E-state index contributed by atoms with van der Waals surface area (Å²) in [6.07, 6.45) is 0. The van der Waals surface area contributed by atoms with Gasteiger partial charge in [-0.2, -0.15) is 0 Å². The summed E-state index contributed by atoms with van der Waals surface area (Å²) in [6, 6.07) is 5.05. The molecule has 1 aromatic rings. The largest absolute Gasteiger partial charge is 0.507 e. The number of hydrogen-bond donors (Lipinski definition) is 3. The zero-order chi connectivity index (χ0) is 10.6. The Morgan fingerprint density at radius 1 is 1.57 bits per heavy atom. The second-order valence-electron chi connectivity index (χ2n) is 3.02. The number of nitrogens with one attached hydrogen (secondary N) is 1. The molecule has 0 aliphatic carbocycles. The number of amides is 1. The Bertz CT molecular complexity index is 337. The van der Waals surface area contributed by atoms with E-state index in [1.807, 2.05) is 0 Å². The molecule has 0 heterocycles. The average molecular weight is 194 g/mol. The first-order valence-corrected chi connectivity index (χ1v) is 4.43. The lowest BCUT2D eigenvalue weighted by atomic mass is 10.1. The van der Waals surface area contributed by atoms with Gasteiger partial charge in [-0.1, -0.05) is 12.1 Å². The predicted molar refractivity (Wildman–Crippen MR) is 54.2 cm³/mol. The van der Waals surface area contributed by atoms with Crippen molar-refractivity contribution in [2.45, 2.75) is 6.92 Å². The summed E-state index contributed by atoms with van der Waals surface area (Å²) in [5, 5.41) is 12.2. The van der Waals surface area contributed by atoms with Crippen LogP contribution in [0.4, 0.5) is 0 Å². The van der Waals surface area contributed by atoms with E-state index in [1.165, 1.54) is 0 Å². The number of hydrogen-bond acceptors (Lipinski definition) is 3. The van der Waals surface area contributed by atoms with Crippen molar-refractivity contribution in [2.75, 3.05) is 13.1 Å². The molecule has 0 atom stereocenters. The van der Waals surface area contributed by atoms with Crippen molar-refractivity contribution in [3.63, 3.8) is 0 Å². The Balaban J connectivity index is 2.84. The molecule has 14 heavy (non-hydrogen) atoms. The Morgan fingerprint density at radius 3 is 2.93 bits per heavy atom. The molecule has 0 aliphatic rings. The summed E-state index contributed by atoms with van der Waals surface area (Å²) >= 11 is 0. The minimum atomic E-state index is -0.295. The highest BCUT2D eigenvalue weighted by Gasteiger charge is 2.10. The maximum atomic E-state index is 11.4. The van der Waals surface area contributed by atoms with Gasteiger partial charge in [0.15, 0.2) is 0 Å². The summed E-state index contributed by atoms with van der Waals surface area (Å²) < 4.78 is 0. The lowest BCUT2D eigenvalue weighted by molar-refractivity contribution is 0.0952. The van der Waals surface area contributed by atoms with Gasteiger partial charge in [0.2, 0.25) is 0 Å². The predicted octanol–water partition coefficient (Wildman–Crippen LogP) is 0.389. The van der Waals surface area contributed by atoms with E-state index in [0.29, 0.717) is 24.2 Å². The molecule has 0 bridgehead atoms. The van der Waals surface area contributed by atoms with Crippen LogP contribution < -0.4 is 11.1 Å². The van der Waals surface area contributed by atoms with Crippen molar-refractivity contribution in [2.24, 2.45) is 5.73 Å². The fourth-order valence-corrected chi connectivity index (χ4v) is 1.12. The summed E-state index contributed by atoms with van der Waals surface area (Å²) in [5.41, 5.74) is 6.22. The molecular weight excluding hydrogens is 180 g/mol. The molecule has 0 fully saturated rings. The summed E-state index contributed by atoms with van der Waals surface area (Å²) in [4.78, 5) is 11.4. The minimum Gasteiger partial charge on any atom is -0.507 e. The van der Waals surface area contributed by atoms with E-state index in [1.54, 1.807) is 25.1 Å². The number of benzene rings is 1. The van der Waals surface area contributed by atoms with Crippen LogP contribution in [0, 0.1) is 6.92 Å². The summed E-state index contributed by atoms with van der Waals surface area (Å²) in [5.74, 6) is -0.265. The molecule has 0 spiro atoms. The van der Waals surface area contributed by atoms with Gasteiger partial charge in [-0.15, -0.1) is 0 Å². The molecular formula is C10H14N2O2. The number of carbonyl (C=O) groups excluding carboxylic acids is 1. The van der Waals surface area contributed by atoms with Gasteiger partial charge < -0.3 is 16.2 Å². The van der Waals surface area contributed by atoms with Gasteiger partial charge in [-0.05, 0) is 18.6 Å². The lowest BCUT2D eigenvalue weighted by Crippen LogP contribution is -2.29. The third kappa shape index (κ3) is 2.23. The van der Waals surface area contributed by atoms with E-state index < -0.39 is 0 Å². The first-order valence-electron chi connectivity index (χ1n) is 4.43. The number of rotatable bonds is 3. The average Bonchev–Trinajstić information content (AvgIpc) is 2.18. The number of para-hydroxylation sites is 1. The van der Waals surface area contributed by atoms with Gasteiger partial charge in [0.05, 0.1) is 5.56 Å². The molecule has 4 N–H and O–H groups in total. The Labute approximate surface area is 82.7 Å². The van der Waals surface area contributed by atoms with Gasteiger partial charge in [-0.3, -0.25) is 4.79 Å². The SMILES string of the molecule is Cc1cccc(C(=O)NCCN)c1O. The highest BCUT2D eigenvalue weighted by atomic mass is 16.3. The first-order chi connectivity index (χ1) is 6.66. The standard InChI is InChI=1S/C10H14N2O2/c1-7-3-2-4-8(9(7)13)10(14)12-6-5-11/h2-4,13H,5-6,11H2,1H3,(H,12,14). The van der Waals surface area contributed by atoms with Gasteiger partial charge in [-0.25, -0.2) is 0 Å². The van der Waals surface area contributed by atoms with E-state index in [4.69, 9.17) is 5.73 Å². The third-order valence-corrected chi connectivity index (χ3v) is 1.91. The van der Waals surface area contributed by atoms with E-state index in [2.05, 4.69) is 5.32 Å². The van der Waals surface area contributed by atoms with Crippen molar-refractivity contribution in [3.8, 4) is 5.75 Å². The van der Waals surface area contributed by atoms with Gasteiger partial charge >= 0.3 is 0 Å². The monoisotopic (exact) mass is 194 g/mol. The highest BCUT2D eigenvalue weighted by Crippen LogP contribution is 2.20. The van der Waals surface area contributed by atoms with Gasteiger partial charge in [0.25, 0.3) is 5.91 Å².